The molecule has 14 nitrogen and oxygen atoms in total. The standard InChI is InChI=1S/C26H30N6O8/c1-14-17(24(35)36)13-40-23(14)31-11-10-20(30-26(31)39)29-21(33)8-7-19(25(37)38)32(27)22(34)9-6-15-12-28-18-5-3-2-4-16(15)18/h2-5,10-12,17,19,23-24,28,35-36H,1,6-9,13,27H2,(H,37,38)(H,29,30,33,39)/t17-,19+,23?/m1/s1. The van der Waals surface area contributed by atoms with Gasteiger partial charge in [0.2, 0.25) is 11.8 Å². The molecule has 1 aliphatic heterocycles. The van der Waals surface area contributed by atoms with Crippen molar-refractivity contribution in [2.45, 2.75) is 44.2 Å². The molecule has 14 heteroatoms. The number of nitrogens with one attached hydrogen (secondary N) is 2. The molecule has 0 saturated carbocycles. The number of anilines is 1. The summed E-state index contributed by atoms with van der Waals surface area (Å²) in [5.74, 6) is 2.41. The van der Waals surface area contributed by atoms with Crippen molar-refractivity contribution in [3.63, 3.8) is 0 Å². The van der Waals surface area contributed by atoms with Gasteiger partial charge in [-0.2, -0.15) is 4.98 Å². The van der Waals surface area contributed by atoms with Crippen LogP contribution in [0, 0.1) is 5.92 Å². The van der Waals surface area contributed by atoms with Crippen molar-refractivity contribution in [1.29, 1.82) is 0 Å². The van der Waals surface area contributed by atoms with Gasteiger partial charge in [0.25, 0.3) is 0 Å². The quantitative estimate of drug-likeness (QED) is 0.0624. The summed E-state index contributed by atoms with van der Waals surface area (Å²) in [5.41, 5.74) is 1.32. The number of H-pyrrole nitrogens is 1. The summed E-state index contributed by atoms with van der Waals surface area (Å²) < 4.78 is 6.52. The van der Waals surface area contributed by atoms with Crippen LogP contribution < -0.4 is 16.8 Å². The number of carboxylic acids is 1. The Morgan fingerprint density at radius 1 is 1.25 bits per heavy atom. The van der Waals surface area contributed by atoms with E-state index < -0.39 is 48.0 Å². The Bertz CT molecular complexity index is 1480. The predicted octanol–water partition coefficient (Wildman–Crippen LogP) is 0.244. The van der Waals surface area contributed by atoms with Gasteiger partial charge in [-0.1, -0.05) is 24.8 Å². The largest absolute Gasteiger partial charge is 0.480 e. The first-order valence-electron chi connectivity index (χ1n) is 12.5. The first-order valence-corrected chi connectivity index (χ1v) is 12.5. The summed E-state index contributed by atoms with van der Waals surface area (Å²) in [6.07, 6.45) is 0.201. The minimum Gasteiger partial charge on any atom is -0.480 e. The maximum absolute atomic E-state index is 12.7. The number of fused-ring (bicyclic) bond motifs is 1. The third kappa shape index (κ3) is 6.26. The van der Waals surface area contributed by atoms with Crippen LogP contribution in [0.1, 0.15) is 31.1 Å². The van der Waals surface area contributed by atoms with Gasteiger partial charge in [-0.15, -0.1) is 0 Å². The fraction of sp³-hybridized carbons (Fsp3) is 0.346. The van der Waals surface area contributed by atoms with Gasteiger partial charge >= 0.3 is 11.7 Å². The van der Waals surface area contributed by atoms with E-state index in [1.54, 1.807) is 6.20 Å². The van der Waals surface area contributed by atoms with Crippen molar-refractivity contribution in [2.24, 2.45) is 11.8 Å². The van der Waals surface area contributed by atoms with Crippen molar-refractivity contribution in [3.05, 3.63) is 70.9 Å². The summed E-state index contributed by atoms with van der Waals surface area (Å²) in [6, 6.07) is 7.47. The van der Waals surface area contributed by atoms with Gasteiger partial charge in [0.05, 0.1) is 12.5 Å². The monoisotopic (exact) mass is 554 g/mol. The number of hydrazine groups is 1. The molecule has 40 heavy (non-hydrogen) atoms. The maximum Gasteiger partial charge on any atom is 0.351 e. The first kappa shape index (κ1) is 28.6. The molecule has 1 fully saturated rings. The molecule has 1 aliphatic rings. The van der Waals surface area contributed by atoms with Crippen molar-refractivity contribution >= 4 is 34.5 Å². The van der Waals surface area contributed by atoms with Gasteiger partial charge in [-0.25, -0.2) is 15.4 Å². The number of hydrogen-bond donors (Lipinski definition) is 6. The van der Waals surface area contributed by atoms with E-state index in [1.165, 1.54) is 12.3 Å². The van der Waals surface area contributed by atoms with Crippen molar-refractivity contribution < 1.29 is 34.4 Å². The first-order chi connectivity index (χ1) is 19.1. The lowest BCUT2D eigenvalue weighted by atomic mass is 10.0. The lowest BCUT2D eigenvalue weighted by Gasteiger charge is -2.24. The third-order valence-corrected chi connectivity index (χ3v) is 6.77. The van der Waals surface area contributed by atoms with Gasteiger partial charge in [0, 0.05) is 36.1 Å². The number of carbonyl (C=O) groups is 3. The zero-order chi connectivity index (χ0) is 29.0. The zero-order valence-corrected chi connectivity index (χ0v) is 21.4. The van der Waals surface area contributed by atoms with Gasteiger partial charge in [-0.05, 0) is 36.1 Å². The Morgan fingerprint density at radius 2 is 2.00 bits per heavy atom. The molecular formula is C26H30N6O8. The molecule has 212 valence electrons. The Morgan fingerprint density at radius 3 is 2.67 bits per heavy atom. The number of benzene rings is 1. The highest BCUT2D eigenvalue weighted by atomic mass is 16.5. The number of aliphatic carboxylic acids is 1. The second-order valence-corrected chi connectivity index (χ2v) is 9.38. The van der Waals surface area contributed by atoms with Gasteiger partial charge in [-0.3, -0.25) is 19.2 Å². The summed E-state index contributed by atoms with van der Waals surface area (Å²) in [5, 5.41) is 32.4. The van der Waals surface area contributed by atoms with Crippen molar-refractivity contribution in [1.82, 2.24) is 19.5 Å². The van der Waals surface area contributed by atoms with E-state index in [0.717, 1.165) is 21.0 Å². The number of aromatic nitrogens is 3. The third-order valence-electron chi connectivity index (χ3n) is 6.77. The molecule has 1 aromatic carbocycles. The topological polar surface area (TPSA) is 213 Å². The Labute approximate surface area is 227 Å². The second-order valence-electron chi connectivity index (χ2n) is 9.38. The number of amides is 2. The van der Waals surface area contributed by atoms with E-state index >= 15 is 0 Å². The smallest absolute Gasteiger partial charge is 0.351 e. The van der Waals surface area contributed by atoms with E-state index in [-0.39, 0.29) is 37.3 Å². The van der Waals surface area contributed by atoms with E-state index in [1.807, 2.05) is 24.3 Å². The highest BCUT2D eigenvalue weighted by Crippen LogP contribution is 2.33. The summed E-state index contributed by atoms with van der Waals surface area (Å²) in [6.45, 7) is 3.71. The predicted molar refractivity (Wildman–Crippen MR) is 141 cm³/mol. The average molecular weight is 555 g/mol. The molecule has 0 spiro atoms. The molecule has 1 saturated heterocycles. The number of para-hydroxylation sites is 1. The SMILES string of the molecule is C=C1C(n2ccc(NC(=O)CC[C@@H](C(=O)O)N(N)C(=O)CCc3c[nH]c4ccccc34)nc2=O)OC[C@H]1C(O)O. The van der Waals surface area contributed by atoms with E-state index in [4.69, 9.17) is 10.6 Å². The zero-order valence-electron chi connectivity index (χ0n) is 21.4. The van der Waals surface area contributed by atoms with E-state index in [9.17, 15) is 34.5 Å². The van der Waals surface area contributed by atoms with Crippen LogP contribution in [0.15, 0.2) is 59.7 Å². The molecule has 4 rings (SSSR count). The summed E-state index contributed by atoms with van der Waals surface area (Å²) in [7, 11) is 0. The number of aromatic amines is 1. The molecule has 2 amide bonds. The van der Waals surface area contributed by atoms with Crippen LogP contribution in [-0.4, -0.2) is 71.6 Å². The van der Waals surface area contributed by atoms with Crippen LogP contribution in [0.5, 0.6) is 0 Å². The molecule has 0 bridgehead atoms. The number of nitrogens with two attached hydrogens (primary N) is 1. The molecule has 3 atom stereocenters. The Kier molecular flexibility index (Phi) is 8.74. The highest BCUT2D eigenvalue weighted by Gasteiger charge is 2.35. The number of ether oxygens (including phenoxy) is 1. The second kappa shape index (κ2) is 12.2. The average Bonchev–Trinajstić information content (AvgIpc) is 3.50. The van der Waals surface area contributed by atoms with Crippen molar-refractivity contribution in [2.75, 3.05) is 11.9 Å². The minimum atomic E-state index is -1.69. The molecule has 0 aliphatic carbocycles. The molecule has 3 heterocycles. The number of aryl methyl sites for hydroxylation is 1. The molecule has 0 radical (unpaired) electrons. The maximum atomic E-state index is 12.7. The number of carboxylic acid groups (broad SMARTS) is 1. The lowest BCUT2D eigenvalue weighted by molar-refractivity contribution is -0.151. The molecule has 2 aromatic heterocycles. The van der Waals surface area contributed by atoms with E-state index in [2.05, 4.69) is 21.9 Å². The summed E-state index contributed by atoms with van der Waals surface area (Å²) in [4.78, 5) is 56.3. The fourth-order valence-corrected chi connectivity index (χ4v) is 4.53. The normalized spacial score (nSPS) is 17.8. The number of nitrogens with zero attached hydrogens (tertiary/aromatic N) is 3. The minimum absolute atomic E-state index is 0.0241. The number of rotatable bonds is 11. The number of hydrogen-bond acceptors (Lipinski definition) is 9. The molecule has 1 unspecified atom stereocenters. The van der Waals surface area contributed by atoms with Crippen LogP contribution in [0.25, 0.3) is 10.9 Å². The Hall–Kier alpha value is -4.37. The van der Waals surface area contributed by atoms with Crippen LogP contribution in [0.3, 0.4) is 0 Å². The lowest BCUT2D eigenvalue weighted by Crippen LogP contribution is -2.50. The number of carbonyl (C=O) groups excluding carboxylic acids is 2. The number of aliphatic hydroxyl groups is 2. The fourth-order valence-electron chi connectivity index (χ4n) is 4.53. The molecule has 7 N–H and O–H groups in total. The van der Waals surface area contributed by atoms with Crippen LogP contribution in [-0.2, 0) is 25.5 Å². The van der Waals surface area contributed by atoms with Gasteiger partial charge in [0.1, 0.15) is 11.9 Å². The van der Waals surface area contributed by atoms with Gasteiger partial charge < -0.3 is 30.4 Å². The Balaban J connectivity index is 1.31. The molecular weight excluding hydrogens is 524 g/mol. The number of aliphatic hydroxyl groups excluding tert-OH is 1. The highest BCUT2D eigenvalue weighted by molar-refractivity contribution is 5.90. The van der Waals surface area contributed by atoms with Crippen LogP contribution in [0.4, 0.5) is 5.82 Å². The van der Waals surface area contributed by atoms with E-state index in [0.29, 0.717) is 11.4 Å². The molecule has 3 aromatic rings. The van der Waals surface area contributed by atoms with Crippen LogP contribution in [0.2, 0.25) is 0 Å². The van der Waals surface area contributed by atoms with Crippen LogP contribution >= 0.6 is 0 Å². The van der Waals surface area contributed by atoms with Gasteiger partial charge in [0.15, 0.2) is 12.5 Å². The summed E-state index contributed by atoms with van der Waals surface area (Å²) >= 11 is 0. The van der Waals surface area contributed by atoms with Crippen molar-refractivity contribution in [3.8, 4) is 0 Å².